The molecule has 1 fully saturated rings. The maximum atomic E-state index is 11.8. The second-order valence-corrected chi connectivity index (χ2v) is 7.92. The van der Waals surface area contributed by atoms with Gasteiger partial charge in [0.1, 0.15) is 5.75 Å². The van der Waals surface area contributed by atoms with E-state index in [9.17, 15) is 9.59 Å². The van der Waals surface area contributed by atoms with Gasteiger partial charge in [0.25, 0.3) is 0 Å². The number of aryl methyl sites for hydroxylation is 2. The molecule has 0 spiro atoms. The first-order valence-electron chi connectivity index (χ1n) is 8.80. The van der Waals surface area contributed by atoms with Crippen LogP contribution in [-0.4, -0.2) is 30.5 Å². The number of methoxy groups -OCH3 is 1. The number of esters is 1. The summed E-state index contributed by atoms with van der Waals surface area (Å²) in [4.78, 5) is 29.6. The molecule has 0 N–H and O–H groups in total. The van der Waals surface area contributed by atoms with Crippen LogP contribution in [0.3, 0.4) is 0 Å². The van der Waals surface area contributed by atoms with Gasteiger partial charge >= 0.3 is 5.97 Å². The van der Waals surface area contributed by atoms with Gasteiger partial charge in [-0.25, -0.2) is 4.98 Å². The lowest BCUT2D eigenvalue weighted by atomic mass is 9.87. The average Bonchev–Trinajstić information content (AvgIpc) is 3.04. The molecular formula is C20H23NO4S. The summed E-state index contributed by atoms with van der Waals surface area (Å²) in [5, 5.41) is 0. The van der Waals surface area contributed by atoms with E-state index in [1.165, 1.54) is 7.11 Å². The van der Waals surface area contributed by atoms with Gasteiger partial charge in [-0.05, 0) is 57.7 Å². The minimum atomic E-state index is -0.155. The quantitative estimate of drug-likeness (QED) is 0.576. The number of carbonyl (C=O) groups excluding carboxylic acids is 2. The lowest BCUT2D eigenvalue weighted by molar-refractivity contribution is -0.147. The molecule has 2 atom stereocenters. The number of aromatic nitrogens is 1. The van der Waals surface area contributed by atoms with Gasteiger partial charge in [-0.15, -0.1) is 11.3 Å². The van der Waals surface area contributed by atoms with Crippen LogP contribution >= 0.6 is 11.3 Å². The molecule has 6 heteroatoms. The van der Waals surface area contributed by atoms with E-state index in [-0.39, 0.29) is 18.0 Å². The van der Waals surface area contributed by atoms with Crippen molar-refractivity contribution in [3.63, 3.8) is 0 Å². The second-order valence-electron chi connectivity index (χ2n) is 6.67. The lowest BCUT2D eigenvalue weighted by Crippen LogP contribution is -2.30. The number of ether oxygens (including phenoxy) is 2. The molecule has 2 heterocycles. The molecule has 1 saturated carbocycles. The van der Waals surface area contributed by atoms with Gasteiger partial charge in [-0.2, -0.15) is 0 Å². The molecule has 1 aliphatic rings. The summed E-state index contributed by atoms with van der Waals surface area (Å²) in [6.07, 6.45) is 4.27. The zero-order chi connectivity index (χ0) is 18.7. The van der Waals surface area contributed by atoms with Crippen molar-refractivity contribution < 1.29 is 19.1 Å². The molecular weight excluding hydrogens is 350 g/mol. The molecule has 0 aromatic carbocycles. The standard InChI is InChI=1S/C20H23NO4S/c1-12-9-15(11-22)19(26-12)17-7-8-18(13(2)21-17)25-16-6-4-5-14(10-16)20(23)24-3/h7-9,11,14,16H,4-6,10H2,1-3H3/t14-,16-/m0/s1. The third kappa shape index (κ3) is 3.96. The lowest BCUT2D eigenvalue weighted by Gasteiger charge is -2.28. The molecule has 0 saturated heterocycles. The van der Waals surface area contributed by atoms with E-state index in [0.29, 0.717) is 12.0 Å². The molecule has 5 nitrogen and oxygen atoms in total. The summed E-state index contributed by atoms with van der Waals surface area (Å²) in [7, 11) is 1.43. The summed E-state index contributed by atoms with van der Waals surface area (Å²) in [5.41, 5.74) is 2.23. The number of carbonyl (C=O) groups is 2. The Labute approximate surface area is 157 Å². The Kier molecular flexibility index (Phi) is 5.71. The van der Waals surface area contributed by atoms with E-state index in [1.807, 2.05) is 32.0 Å². The van der Waals surface area contributed by atoms with Crippen LogP contribution in [0.1, 0.15) is 46.6 Å². The maximum Gasteiger partial charge on any atom is 0.308 e. The van der Waals surface area contributed by atoms with Crippen molar-refractivity contribution in [1.82, 2.24) is 4.98 Å². The zero-order valence-electron chi connectivity index (χ0n) is 15.3. The van der Waals surface area contributed by atoms with Crippen LogP contribution in [-0.2, 0) is 9.53 Å². The molecule has 0 radical (unpaired) electrons. The van der Waals surface area contributed by atoms with Crippen molar-refractivity contribution in [3.05, 3.63) is 34.3 Å². The first-order valence-corrected chi connectivity index (χ1v) is 9.61. The number of nitrogens with zero attached hydrogens (tertiary/aromatic N) is 1. The fourth-order valence-electron chi connectivity index (χ4n) is 3.43. The number of pyridine rings is 1. The van der Waals surface area contributed by atoms with Crippen molar-refractivity contribution in [2.24, 2.45) is 5.92 Å². The maximum absolute atomic E-state index is 11.8. The van der Waals surface area contributed by atoms with E-state index in [2.05, 4.69) is 4.98 Å². The summed E-state index contributed by atoms with van der Waals surface area (Å²) in [6, 6.07) is 5.67. The van der Waals surface area contributed by atoms with E-state index in [1.54, 1.807) is 11.3 Å². The van der Waals surface area contributed by atoms with Gasteiger partial charge in [0.05, 0.1) is 35.4 Å². The molecule has 0 aliphatic heterocycles. The van der Waals surface area contributed by atoms with Gasteiger partial charge in [-0.1, -0.05) is 0 Å². The van der Waals surface area contributed by atoms with Crippen LogP contribution in [0.25, 0.3) is 10.6 Å². The monoisotopic (exact) mass is 373 g/mol. The van der Waals surface area contributed by atoms with E-state index >= 15 is 0 Å². The second kappa shape index (κ2) is 7.99. The first-order chi connectivity index (χ1) is 12.5. The van der Waals surface area contributed by atoms with Crippen LogP contribution in [0, 0.1) is 19.8 Å². The minimum absolute atomic E-state index is 0.00582. The normalized spacial score (nSPS) is 19.8. The van der Waals surface area contributed by atoms with Crippen LogP contribution in [0.15, 0.2) is 18.2 Å². The fourth-order valence-corrected chi connectivity index (χ4v) is 4.38. The molecule has 138 valence electrons. The van der Waals surface area contributed by atoms with Crippen LogP contribution in [0.2, 0.25) is 0 Å². The predicted octanol–water partition coefficient (Wildman–Crippen LogP) is 4.35. The Balaban J connectivity index is 1.76. The van der Waals surface area contributed by atoms with Crippen molar-refractivity contribution in [2.75, 3.05) is 7.11 Å². The number of hydrogen-bond acceptors (Lipinski definition) is 6. The molecule has 2 aromatic heterocycles. The molecule has 0 unspecified atom stereocenters. The van der Waals surface area contributed by atoms with Crippen molar-refractivity contribution in [3.8, 4) is 16.3 Å². The number of hydrogen-bond donors (Lipinski definition) is 0. The topological polar surface area (TPSA) is 65.5 Å². The average molecular weight is 373 g/mol. The van der Waals surface area contributed by atoms with E-state index in [0.717, 1.165) is 52.4 Å². The predicted molar refractivity (Wildman–Crippen MR) is 101 cm³/mol. The molecule has 26 heavy (non-hydrogen) atoms. The Hall–Kier alpha value is -2.21. The van der Waals surface area contributed by atoms with Gasteiger partial charge < -0.3 is 9.47 Å². The van der Waals surface area contributed by atoms with Gasteiger partial charge in [0, 0.05) is 10.4 Å². The SMILES string of the molecule is COC(=O)[C@H]1CCC[C@H](Oc2ccc(-c3sc(C)cc3C=O)nc2C)C1. The van der Waals surface area contributed by atoms with Crippen molar-refractivity contribution in [1.29, 1.82) is 0 Å². The summed E-state index contributed by atoms with van der Waals surface area (Å²) < 4.78 is 11.0. The smallest absolute Gasteiger partial charge is 0.308 e. The van der Waals surface area contributed by atoms with Gasteiger partial charge in [-0.3, -0.25) is 9.59 Å². The molecule has 2 aromatic rings. The molecule has 3 rings (SSSR count). The Bertz CT molecular complexity index is 814. The third-order valence-corrected chi connectivity index (χ3v) is 5.82. The first kappa shape index (κ1) is 18.6. The fraction of sp³-hybridized carbons (Fsp3) is 0.450. The largest absolute Gasteiger partial charge is 0.489 e. The number of thiophene rings is 1. The molecule has 0 bridgehead atoms. The number of rotatable bonds is 5. The number of aldehydes is 1. The highest BCUT2D eigenvalue weighted by molar-refractivity contribution is 7.15. The van der Waals surface area contributed by atoms with Crippen molar-refractivity contribution >= 4 is 23.6 Å². The summed E-state index contributed by atoms with van der Waals surface area (Å²) >= 11 is 1.56. The Morgan fingerprint density at radius 3 is 2.81 bits per heavy atom. The van der Waals surface area contributed by atoms with Crippen molar-refractivity contribution in [2.45, 2.75) is 45.6 Å². The highest BCUT2D eigenvalue weighted by atomic mass is 32.1. The van der Waals surface area contributed by atoms with Crippen LogP contribution in [0.4, 0.5) is 0 Å². The molecule has 1 aliphatic carbocycles. The van der Waals surface area contributed by atoms with Gasteiger partial charge in [0.15, 0.2) is 6.29 Å². The van der Waals surface area contributed by atoms with Gasteiger partial charge in [0.2, 0.25) is 0 Å². The zero-order valence-corrected chi connectivity index (χ0v) is 16.1. The third-order valence-electron chi connectivity index (χ3n) is 4.74. The van der Waals surface area contributed by atoms with E-state index in [4.69, 9.17) is 9.47 Å². The van der Waals surface area contributed by atoms with Crippen LogP contribution in [0.5, 0.6) is 5.75 Å². The Morgan fingerprint density at radius 1 is 1.31 bits per heavy atom. The Morgan fingerprint density at radius 2 is 2.12 bits per heavy atom. The molecule has 0 amide bonds. The highest BCUT2D eigenvalue weighted by Gasteiger charge is 2.29. The highest BCUT2D eigenvalue weighted by Crippen LogP contribution is 2.33. The van der Waals surface area contributed by atoms with Crippen LogP contribution < -0.4 is 4.74 Å². The van der Waals surface area contributed by atoms with E-state index < -0.39 is 0 Å². The summed E-state index contributed by atoms with van der Waals surface area (Å²) in [6.45, 7) is 3.88. The minimum Gasteiger partial charge on any atom is -0.489 e. The summed E-state index contributed by atoms with van der Waals surface area (Å²) in [5.74, 6) is 0.485.